The second kappa shape index (κ2) is 11.1. The van der Waals surface area contributed by atoms with Gasteiger partial charge in [-0.15, -0.1) is 0 Å². The minimum absolute atomic E-state index is 0.214. The summed E-state index contributed by atoms with van der Waals surface area (Å²) in [6.45, 7) is 5.12. The molecule has 0 aromatic heterocycles. The third-order valence-electron chi connectivity index (χ3n) is 3.92. The molecule has 0 bridgehead atoms. The molecule has 0 radical (unpaired) electrons. The third-order valence-corrected chi connectivity index (χ3v) is 3.92. The lowest BCUT2D eigenvalue weighted by Gasteiger charge is -2.19. The number of allylic oxidation sites excluding steroid dienone is 1. The molecule has 0 fully saturated rings. The first kappa shape index (κ1) is 18.5. The van der Waals surface area contributed by atoms with Crippen LogP contribution >= 0.6 is 0 Å². The summed E-state index contributed by atoms with van der Waals surface area (Å²) in [6.07, 6.45) is 9.51. The molecule has 1 aromatic carbocycles. The lowest BCUT2D eigenvalue weighted by Crippen LogP contribution is -2.29. The number of hydrogen-bond donors (Lipinski definition) is 0. The number of carbonyl (C=O) groups is 1. The Balaban J connectivity index is 2.42. The maximum atomic E-state index is 12.5. The number of hydrogen-bond acceptors (Lipinski definition) is 1. The quantitative estimate of drug-likeness (QED) is 0.440. The Morgan fingerprint density at radius 1 is 1.09 bits per heavy atom. The Kier molecular flexibility index (Phi) is 9.29. The molecule has 0 aliphatic carbocycles. The minimum Gasteiger partial charge on any atom is -0.342 e. The van der Waals surface area contributed by atoms with Gasteiger partial charge in [0.15, 0.2) is 0 Å². The van der Waals surface area contributed by atoms with Crippen LogP contribution in [0.4, 0.5) is 0 Å². The molecule has 0 aliphatic rings. The molecule has 1 amide bonds. The zero-order chi connectivity index (χ0) is 16.2. The summed E-state index contributed by atoms with van der Waals surface area (Å²) in [6, 6.07) is 10.5. The fourth-order valence-corrected chi connectivity index (χ4v) is 2.62. The SMILES string of the molecule is CCC=C(CCCCC)C(=O)N(C)CCCc1ccccc1. The van der Waals surface area contributed by atoms with Crippen molar-refractivity contribution in [2.45, 2.75) is 58.8 Å². The van der Waals surface area contributed by atoms with E-state index in [0.717, 1.165) is 44.2 Å². The Hall–Kier alpha value is -1.57. The predicted octanol–water partition coefficient (Wildman–Crippen LogP) is 4.99. The summed E-state index contributed by atoms with van der Waals surface area (Å²) >= 11 is 0. The Morgan fingerprint density at radius 3 is 2.45 bits per heavy atom. The summed E-state index contributed by atoms with van der Waals surface area (Å²) in [7, 11) is 1.93. The maximum Gasteiger partial charge on any atom is 0.249 e. The van der Waals surface area contributed by atoms with Gasteiger partial charge in [-0.25, -0.2) is 0 Å². The van der Waals surface area contributed by atoms with Crippen LogP contribution in [0.25, 0.3) is 0 Å². The minimum atomic E-state index is 0.214. The first-order valence-corrected chi connectivity index (χ1v) is 8.67. The van der Waals surface area contributed by atoms with Crippen LogP contribution in [-0.2, 0) is 11.2 Å². The van der Waals surface area contributed by atoms with Gasteiger partial charge in [-0.1, -0.05) is 63.1 Å². The molecule has 0 N–H and O–H groups in total. The van der Waals surface area contributed by atoms with E-state index in [0.29, 0.717) is 0 Å². The van der Waals surface area contributed by atoms with Crippen molar-refractivity contribution in [3.8, 4) is 0 Å². The van der Waals surface area contributed by atoms with Crippen LogP contribution in [0, 0.1) is 0 Å². The van der Waals surface area contributed by atoms with Gasteiger partial charge >= 0.3 is 0 Å². The first-order valence-electron chi connectivity index (χ1n) is 8.67. The van der Waals surface area contributed by atoms with Crippen molar-refractivity contribution < 1.29 is 4.79 Å². The van der Waals surface area contributed by atoms with Gasteiger partial charge in [-0.3, -0.25) is 4.79 Å². The van der Waals surface area contributed by atoms with Crippen molar-refractivity contribution >= 4 is 5.91 Å². The van der Waals surface area contributed by atoms with Gasteiger partial charge in [0.05, 0.1) is 0 Å². The molecule has 0 aliphatic heterocycles. The molecule has 122 valence electrons. The summed E-state index contributed by atoms with van der Waals surface area (Å²) in [4.78, 5) is 14.4. The van der Waals surface area contributed by atoms with Crippen LogP contribution in [0.5, 0.6) is 0 Å². The number of nitrogens with zero attached hydrogens (tertiary/aromatic N) is 1. The average molecular weight is 301 g/mol. The lowest BCUT2D eigenvalue weighted by molar-refractivity contribution is -0.126. The van der Waals surface area contributed by atoms with E-state index in [1.54, 1.807) is 0 Å². The molecule has 2 heteroatoms. The molecular weight excluding hydrogens is 270 g/mol. The summed E-state index contributed by atoms with van der Waals surface area (Å²) in [5.74, 6) is 0.214. The van der Waals surface area contributed by atoms with E-state index < -0.39 is 0 Å². The zero-order valence-corrected chi connectivity index (χ0v) is 14.5. The van der Waals surface area contributed by atoms with Crippen molar-refractivity contribution in [1.82, 2.24) is 4.90 Å². The second-order valence-electron chi connectivity index (χ2n) is 5.91. The van der Waals surface area contributed by atoms with Crippen molar-refractivity contribution in [3.63, 3.8) is 0 Å². The summed E-state index contributed by atoms with van der Waals surface area (Å²) in [5, 5.41) is 0. The van der Waals surface area contributed by atoms with Crippen molar-refractivity contribution in [3.05, 3.63) is 47.5 Å². The van der Waals surface area contributed by atoms with Gasteiger partial charge in [0.1, 0.15) is 0 Å². The Labute approximate surface area is 136 Å². The number of amides is 1. The second-order valence-corrected chi connectivity index (χ2v) is 5.91. The first-order chi connectivity index (χ1) is 10.7. The highest BCUT2D eigenvalue weighted by Crippen LogP contribution is 2.13. The van der Waals surface area contributed by atoms with E-state index in [9.17, 15) is 4.79 Å². The number of likely N-dealkylation sites (N-methyl/N-ethyl adjacent to an activating group) is 1. The smallest absolute Gasteiger partial charge is 0.249 e. The van der Waals surface area contributed by atoms with E-state index in [1.807, 2.05) is 18.0 Å². The molecule has 0 unspecified atom stereocenters. The van der Waals surface area contributed by atoms with Gasteiger partial charge < -0.3 is 4.90 Å². The Morgan fingerprint density at radius 2 is 1.82 bits per heavy atom. The third kappa shape index (κ3) is 6.93. The molecule has 1 rings (SSSR count). The normalized spacial score (nSPS) is 11.5. The topological polar surface area (TPSA) is 20.3 Å². The molecule has 2 nitrogen and oxygen atoms in total. The van der Waals surface area contributed by atoms with Crippen LogP contribution in [-0.4, -0.2) is 24.4 Å². The highest BCUT2D eigenvalue weighted by molar-refractivity contribution is 5.93. The van der Waals surface area contributed by atoms with Gasteiger partial charge in [-0.2, -0.15) is 0 Å². The molecule has 1 aromatic rings. The molecule has 0 atom stereocenters. The van der Waals surface area contributed by atoms with E-state index in [4.69, 9.17) is 0 Å². The summed E-state index contributed by atoms with van der Waals surface area (Å²) < 4.78 is 0. The zero-order valence-electron chi connectivity index (χ0n) is 14.5. The fourth-order valence-electron chi connectivity index (χ4n) is 2.62. The van der Waals surface area contributed by atoms with Crippen LogP contribution in [0.1, 0.15) is 57.9 Å². The van der Waals surface area contributed by atoms with Crippen molar-refractivity contribution in [2.75, 3.05) is 13.6 Å². The molecular formula is C20H31NO. The number of carbonyl (C=O) groups excluding carboxylic acids is 1. The van der Waals surface area contributed by atoms with E-state index in [-0.39, 0.29) is 5.91 Å². The van der Waals surface area contributed by atoms with Gasteiger partial charge in [0, 0.05) is 19.2 Å². The summed E-state index contributed by atoms with van der Waals surface area (Å²) in [5.41, 5.74) is 2.34. The van der Waals surface area contributed by atoms with E-state index in [2.05, 4.69) is 44.2 Å². The van der Waals surface area contributed by atoms with Crippen molar-refractivity contribution in [1.29, 1.82) is 0 Å². The maximum absolute atomic E-state index is 12.5. The molecule has 0 saturated carbocycles. The molecule has 22 heavy (non-hydrogen) atoms. The lowest BCUT2D eigenvalue weighted by atomic mass is 10.0. The number of benzene rings is 1. The van der Waals surface area contributed by atoms with Crippen LogP contribution in [0.2, 0.25) is 0 Å². The molecule has 0 spiro atoms. The Bertz CT molecular complexity index is 450. The van der Waals surface area contributed by atoms with Gasteiger partial charge in [0.2, 0.25) is 5.91 Å². The largest absolute Gasteiger partial charge is 0.342 e. The highest BCUT2D eigenvalue weighted by Gasteiger charge is 2.13. The van der Waals surface area contributed by atoms with E-state index >= 15 is 0 Å². The van der Waals surface area contributed by atoms with Crippen LogP contribution in [0.3, 0.4) is 0 Å². The predicted molar refractivity (Wildman–Crippen MR) is 94.9 cm³/mol. The number of aryl methyl sites for hydroxylation is 1. The van der Waals surface area contributed by atoms with Crippen LogP contribution < -0.4 is 0 Å². The molecule has 0 saturated heterocycles. The van der Waals surface area contributed by atoms with Crippen molar-refractivity contribution in [2.24, 2.45) is 0 Å². The molecule has 0 heterocycles. The van der Waals surface area contributed by atoms with Gasteiger partial charge in [0.25, 0.3) is 0 Å². The number of rotatable bonds is 10. The fraction of sp³-hybridized carbons (Fsp3) is 0.550. The van der Waals surface area contributed by atoms with E-state index in [1.165, 1.54) is 18.4 Å². The standard InChI is InChI=1S/C20H31NO/c1-4-6-8-16-19(12-5-2)20(22)21(3)17-11-15-18-13-9-7-10-14-18/h7,9-10,12-14H,4-6,8,11,15-17H2,1-3H3. The van der Waals surface area contributed by atoms with Gasteiger partial charge in [-0.05, 0) is 37.7 Å². The average Bonchev–Trinajstić information content (AvgIpc) is 2.54. The van der Waals surface area contributed by atoms with Crippen LogP contribution in [0.15, 0.2) is 42.0 Å². The number of unbranched alkanes of at least 4 members (excludes halogenated alkanes) is 2. The monoisotopic (exact) mass is 301 g/mol. The highest BCUT2D eigenvalue weighted by atomic mass is 16.2.